The molecule has 0 bridgehead atoms. The van der Waals surface area contributed by atoms with Crippen molar-refractivity contribution in [1.29, 1.82) is 0 Å². The molecule has 0 saturated heterocycles. The van der Waals surface area contributed by atoms with Crippen molar-refractivity contribution in [3.8, 4) is 0 Å². The van der Waals surface area contributed by atoms with Gasteiger partial charge in [-0.25, -0.2) is 4.57 Å². The second-order valence-corrected chi connectivity index (χ2v) is 7.68. The molecule has 0 aliphatic carbocycles. The first-order chi connectivity index (χ1) is 12.1. The van der Waals surface area contributed by atoms with Crippen molar-refractivity contribution in [2.45, 2.75) is 84.0 Å². The standard InChI is InChI=1S/C18H39O6P/c1-2-3-4-5-6-7-8-9-10-11-12-13-14-22-15-16-23-17-18-24-25(19,20)21/h2-18H2,1H3,(H2,19,20,21). The molecule has 2 N–H and O–H groups in total. The van der Waals surface area contributed by atoms with E-state index in [1.165, 1.54) is 70.6 Å². The summed E-state index contributed by atoms with van der Waals surface area (Å²) in [5.74, 6) is 0. The van der Waals surface area contributed by atoms with Crippen molar-refractivity contribution >= 4 is 7.82 Å². The molecule has 0 unspecified atom stereocenters. The summed E-state index contributed by atoms with van der Waals surface area (Å²) in [5, 5.41) is 0. The van der Waals surface area contributed by atoms with Crippen LogP contribution in [0.5, 0.6) is 0 Å². The zero-order chi connectivity index (χ0) is 18.6. The third-order valence-corrected chi connectivity index (χ3v) is 4.52. The Morgan fingerprint density at radius 1 is 0.600 bits per heavy atom. The molecular weight excluding hydrogens is 343 g/mol. The molecule has 0 aromatic rings. The van der Waals surface area contributed by atoms with Crippen LogP contribution in [-0.2, 0) is 18.6 Å². The van der Waals surface area contributed by atoms with Gasteiger partial charge in [0.25, 0.3) is 0 Å². The molecule has 0 aromatic carbocycles. The molecule has 0 heterocycles. The first-order valence-electron chi connectivity index (χ1n) is 9.92. The Morgan fingerprint density at radius 2 is 1.00 bits per heavy atom. The van der Waals surface area contributed by atoms with E-state index in [0.29, 0.717) is 13.2 Å². The minimum atomic E-state index is -4.37. The number of hydrogen-bond donors (Lipinski definition) is 2. The monoisotopic (exact) mass is 382 g/mol. The lowest BCUT2D eigenvalue weighted by Crippen LogP contribution is -2.09. The van der Waals surface area contributed by atoms with Gasteiger partial charge in [0.05, 0.1) is 26.4 Å². The van der Waals surface area contributed by atoms with Gasteiger partial charge < -0.3 is 19.3 Å². The van der Waals surface area contributed by atoms with Crippen LogP contribution in [0.15, 0.2) is 0 Å². The molecule has 152 valence electrons. The Hall–Kier alpha value is 0.0300. The summed E-state index contributed by atoms with van der Waals surface area (Å²) < 4.78 is 25.3. The van der Waals surface area contributed by atoms with Crippen LogP contribution in [-0.4, -0.2) is 42.8 Å². The maximum atomic E-state index is 10.4. The number of hydrogen-bond acceptors (Lipinski definition) is 4. The topological polar surface area (TPSA) is 85.2 Å². The van der Waals surface area contributed by atoms with E-state index in [9.17, 15) is 4.57 Å². The van der Waals surface area contributed by atoms with Crippen LogP contribution in [0.2, 0.25) is 0 Å². The van der Waals surface area contributed by atoms with E-state index >= 15 is 0 Å². The van der Waals surface area contributed by atoms with E-state index in [-0.39, 0.29) is 13.2 Å². The second-order valence-electron chi connectivity index (χ2n) is 6.44. The zero-order valence-electron chi connectivity index (χ0n) is 16.0. The Balaban J connectivity index is 3.02. The lowest BCUT2D eigenvalue weighted by Gasteiger charge is -2.07. The van der Waals surface area contributed by atoms with E-state index in [4.69, 9.17) is 19.3 Å². The third kappa shape index (κ3) is 24.0. The Morgan fingerprint density at radius 3 is 1.48 bits per heavy atom. The Kier molecular flexibility index (Phi) is 18.8. The Labute approximate surface area is 153 Å². The van der Waals surface area contributed by atoms with Gasteiger partial charge in [0, 0.05) is 6.61 Å². The zero-order valence-corrected chi connectivity index (χ0v) is 16.9. The molecule has 0 spiro atoms. The van der Waals surface area contributed by atoms with Crippen LogP contribution in [0.1, 0.15) is 84.0 Å². The van der Waals surface area contributed by atoms with E-state index in [2.05, 4.69) is 11.4 Å². The van der Waals surface area contributed by atoms with Crippen LogP contribution in [0, 0.1) is 0 Å². The van der Waals surface area contributed by atoms with Crippen molar-refractivity contribution < 1.29 is 28.3 Å². The van der Waals surface area contributed by atoms with Gasteiger partial charge in [-0.1, -0.05) is 77.6 Å². The maximum Gasteiger partial charge on any atom is 0.469 e. The summed E-state index contributed by atoms with van der Waals surface area (Å²) in [4.78, 5) is 16.9. The molecule has 0 aromatic heterocycles. The summed E-state index contributed by atoms with van der Waals surface area (Å²) in [7, 11) is -4.37. The third-order valence-electron chi connectivity index (χ3n) is 4.00. The van der Waals surface area contributed by atoms with E-state index < -0.39 is 7.82 Å². The molecule has 0 radical (unpaired) electrons. The maximum absolute atomic E-state index is 10.4. The average molecular weight is 382 g/mol. The molecule has 0 aliphatic rings. The fourth-order valence-electron chi connectivity index (χ4n) is 2.58. The number of phosphoric ester groups is 1. The first kappa shape index (κ1) is 25.0. The molecule has 0 fully saturated rings. The van der Waals surface area contributed by atoms with E-state index in [0.717, 1.165) is 13.0 Å². The molecule has 25 heavy (non-hydrogen) atoms. The van der Waals surface area contributed by atoms with Crippen molar-refractivity contribution in [1.82, 2.24) is 0 Å². The second kappa shape index (κ2) is 18.8. The average Bonchev–Trinajstić information content (AvgIpc) is 2.56. The predicted molar refractivity (Wildman–Crippen MR) is 101 cm³/mol. The molecule has 7 heteroatoms. The van der Waals surface area contributed by atoms with Gasteiger partial charge in [-0.2, -0.15) is 0 Å². The molecular formula is C18H39O6P. The van der Waals surface area contributed by atoms with Crippen LogP contribution < -0.4 is 0 Å². The van der Waals surface area contributed by atoms with Crippen LogP contribution in [0.25, 0.3) is 0 Å². The van der Waals surface area contributed by atoms with Crippen molar-refractivity contribution in [2.24, 2.45) is 0 Å². The van der Waals surface area contributed by atoms with Crippen molar-refractivity contribution in [2.75, 3.05) is 33.0 Å². The van der Waals surface area contributed by atoms with Gasteiger partial charge in [0.1, 0.15) is 0 Å². The highest BCUT2D eigenvalue weighted by atomic mass is 31.2. The van der Waals surface area contributed by atoms with Gasteiger partial charge >= 0.3 is 7.82 Å². The smallest absolute Gasteiger partial charge is 0.379 e. The molecule has 0 atom stereocenters. The minimum Gasteiger partial charge on any atom is -0.379 e. The number of rotatable bonds is 20. The number of phosphoric acid groups is 1. The molecule has 0 saturated carbocycles. The molecule has 0 aliphatic heterocycles. The summed E-state index contributed by atoms with van der Waals surface area (Å²) in [6.45, 7) is 3.99. The highest BCUT2D eigenvalue weighted by Gasteiger charge is 2.12. The molecule has 0 rings (SSSR count). The van der Waals surface area contributed by atoms with Gasteiger partial charge in [0.2, 0.25) is 0 Å². The van der Waals surface area contributed by atoms with Crippen molar-refractivity contribution in [3.05, 3.63) is 0 Å². The van der Waals surface area contributed by atoms with Gasteiger partial charge in [-0.05, 0) is 6.42 Å². The number of ether oxygens (including phenoxy) is 2. The number of unbranched alkanes of at least 4 members (excludes halogenated alkanes) is 11. The molecule has 0 amide bonds. The predicted octanol–water partition coefficient (Wildman–Crippen LogP) is 4.83. The largest absolute Gasteiger partial charge is 0.469 e. The van der Waals surface area contributed by atoms with Gasteiger partial charge in [-0.3, -0.25) is 4.52 Å². The van der Waals surface area contributed by atoms with E-state index in [1.54, 1.807) is 0 Å². The highest BCUT2D eigenvalue weighted by Crippen LogP contribution is 2.35. The summed E-state index contributed by atoms with van der Waals surface area (Å²) in [6.07, 6.45) is 16.0. The van der Waals surface area contributed by atoms with Crippen LogP contribution in [0.4, 0.5) is 0 Å². The Bertz CT molecular complexity index is 308. The molecule has 6 nitrogen and oxygen atoms in total. The first-order valence-corrected chi connectivity index (χ1v) is 11.4. The van der Waals surface area contributed by atoms with Gasteiger partial charge in [-0.15, -0.1) is 0 Å². The lowest BCUT2D eigenvalue weighted by atomic mass is 10.1. The SMILES string of the molecule is CCCCCCCCCCCCCCOCCOCCOP(=O)(O)O. The van der Waals surface area contributed by atoms with Crippen LogP contribution in [0.3, 0.4) is 0 Å². The normalized spacial score (nSPS) is 12.0. The summed E-state index contributed by atoms with van der Waals surface area (Å²) in [6, 6.07) is 0. The summed E-state index contributed by atoms with van der Waals surface area (Å²) in [5.41, 5.74) is 0. The van der Waals surface area contributed by atoms with E-state index in [1.807, 2.05) is 0 Å². The quantitative estimate of drug-likeness (QED) is 0.232. The lowest BCUT2D eigenvalue weighted by molar-refractivity contribution is 0.0312. The van der Waals surface area contributed by atoms with Crippen molar-refractivity contribution in [3.63, 3.8) is 0 Å². The van der Waals surface area contributed by atoms with Gasteiger partial charge in [0.15, 0.2) is 0 Å². The highest BCUT2D eigenvalue weighted by molar-refractivity contribution is 7.46. The fourth-order valence-corrected chi connectivity index (χ4v) is 2.89. The van der Waals surface area contributed by atoms with Crippen LogP contribution >= 0.6 is 7.82 Å². The summed E-state index contributed by atoms with van der Waals surface area (Å²) >= 11 is 0. The fraction of sp³-hybridized carbons (Fsp3) is 1.00. The minimum absolute atomic E-state index is 0.108.